The molecule has 0 spiro atoms. The van der Waals surface area contributed by atoms with E-state index in [-0.39, 0.29) is 11.8 Å². The molecular weight excluding hydrogens is 310 g/mol. The molecule has 3 N–H and O–H groups in total. The van der Waals surface area contributed by atoms with Gasteiger partial charge in [0.05, 0.1) is 0 Å². The van der Waals surface area contributed by atoms with Gasteiger partial charge in [0, 0.05) is 31.7 Å². The van der Waals surface area contributed by atoms with Crippen LogP contribution in [-0.2, 0) is 11.3 Å². The van der Waals surface area contributed by atoms with Gasteiger partial charge in [0.1, 0.15) is 12.7 Å². The van der Waals surface area contributed by atoms with Crippen LogP contribution in [0, 0.1) is 5.92 Å². The van der Waals surface area contributed by atoms with Crippen molar-refractivity contribution in [3.05, 3.63) is 36.5 Å². The van der Waals surface area contributed by atoms with Crippen LogP contribution in [0.15, 0.2) is 31.0 Å². The number of carbonyl (C=O) groups excluding carboxylic acids is 2. The van der Waals surface area contributed by atoms with Crippen molar-refractivity contribution >= 4 is 11.9 Å². The Morgan fingerprint density at radius 2 is 2.08 bits per heavy atom. The van der Waals surface area contributed by atoms with Gasteiger partial charge in [-0.25, -0.2) is 19.4 Å². The van der Waals surface area contributed by atoms with Crippen molar-refractivity contribution in [2.24, 2.45) is 11.7 Å². The van der Waals surface area contributed by atoms with Gasteiger partial charge in [-0.1, -0.05) is 6.07 Å². The molecule has 0 unspecified atom stereocenters. The van der Waals surface area contributed by atoms with Crippen molar-refractivity contribution in [2.75, 3.05) is 13.1 Å². The molecule has 3 heterocycles. The fraction of sp³-hybridized carbons (Fsp3) is 0.400. The summed E-state index contributed by atoms with van der Waals surface area (Å²) in [5, 5.41) is 6.93. The molecular formula is C15H19N7O2. The van der Waals surface area contributed by atoms with E-state index in [1.807, 2.05) is 12.1 Å². The second kappa shape index (κ2) is 7.07. The topological polar surface area (TPSA) is 119 Å². The average molecular weight is 329 g/mol. The molecule has 3 rings (SSSR count). The predicted octanol–water partition coefficient (Wildman–Crippen LogP) is 0.0692. The Bertz CT molecular complexity index is 691. The summed E-state index contributed by atoms with van der Waals surface area (Å²) in [6.45, 7) is 1.47. The fourth-order valence-electron chi connectivity index (χ4n) is 2.68. The van der Waals surface area contributed by atoms with Crippen molar-refractivity contribution in [1.29, 1.82) is 0 Å². The van der Waals surface area contributed by atoms with Gasteiger partial charge in [-0.05, 0) is 24.5 Å². The number of rotatable bonds is 4. The second-order valence-electron chi connectivity index (χ2n) is 5.68. The molecule has 2 aromatic heterocycles. The van der Waals surface area contributed by atoms with E-state index in [2.05, 4.69) is 20.4 Å². The number of hydrogen-bond acceptors (Lipinski definition) is 5. The second-order valence-corrected chi connectivity index (χ2v) is 5.68. The molecule has 1 fully saturated rings. The van der Waals surface area contributed by atoms with E-state index in [1.165, 1.54) is 6.33 Å². The van der Waals surface area contributed by atoms with Crippen molar-refractivity contribution in [3.63, 3.8) is 0 Å². The number of urea groups is 1. The first-order chi connectivity index (χ1) is 11.6. The summed E-state index contributed by atoms with van der Waals surface area (Å²) in [4.78, 5) is 33.0. The maximum atomic E-state index is 12.2. The van der Waals surface area contributed by atoms with Crippen LogP contribution in [0.3, 0.4) is 0 Å². The van der Waals surface area contributed by atoms with Crippen LogP contribution >= 0.6 is 0 Å². The quantitative estimate of drug-likeness (QED) is 0.822. The number of piperidine rings is 1. The zero-order valence-corrected chi connectivity index (χ0v) is 13.1. The van der Waals surface area contributed by atoms with Crippen LogP contribution in [0.4, 0.5) is 4.79 Å². The third kappa shape index (κ3) is 3.67. The standard InChI is InChI=1S/C15H19N7O2/c16-15(24)21-5-3-12(4-6-21)14(23)19-8-11-1-2-13(18-7-11)22-10-17-9-20-22/h1-2,7,9-10,12H,3-6,8H2,(H2,16,24)(H,19,23). The monoisotopic (exact) mass is 329 g/mol. The summed E-state index contributed by atoms with van der Waals surface area (Å²) >= 11 is 0. The largest absolute Gasteiger partial charge is 0.352 e. The molecule has 126 valence electrons. The highest BCUT2D eigenvalue weighted by Gasteiger charge is 2.26. The van der Waals surface area contributed by atoms with E-state index < -0.39 is 6.03 Å². The number of likely N-dealkylation sites (tertiary alicyclic amines) is 1. The lowest BCUT2D eigenvalue weighted by Crippen LogP contribution is -2.44. The molecule has 3 amide bonds. The van der Waals surface area contributed by atoms with Gasteiger partial charge in [-0.15, -0.1) is 0 Å². The van der Waals surface area contributed by atoms with Crippen molar-refractivity contribution in [1.82, 2.24) is 30.0 Å². The van der Waals surface area contributed by atoms with Gasteiger partial charge >= 0.3 is 6.03 Å². The number of pyridine rings is 1. The number of hydrogen-bond donors (Lipinski definition) is 2. The summed E-state index contributed by atoms with van der Waals surface area (Å²) < 4.78 is 1.56. The van der Waals surface area contributed by atoms with Crippen LogP contribution < -0.4 is 11.1 Å². The minimum atomic E-state index is -0.424. The Morgan fingerprint density at radius 1 is 1.29 bits per heavy atom. The first kappa shape index (κ1) is 15.9. The highest BCUT2D eigenvalue weighted by atomic mass is 16.2. The van der Waals surface area contributed by atoms with E-state index in [9.17, 15) is 9.59 Å². The molecule has 9 nitrogen and oxygen atoms in total. The molecule has 1 saturated heterocycles. The van der Waals surface area contributed by atoms with E-state index in [1.54, 1.807) is 22.1 Å². The van der Waals surface area contributed by atoms with Gasteiger partial charge in [0.25, 0.3) is 0 Å². The van der Waals surface area contributed by atoms with Gasteiger partial charge in [0.2, 0.25) is 5.91 Å². The first-order valence-corrected chi connectivity index (χ1v) is 7.75. The summed E-state index contributed by atoms with van der Waals surface area (Å²) in [6, 6.07) is 3.29. The maximum Gasteiger partial charge on any atom is 0.314 e. The SMILES string of the molecule is NC(=O)N1CCC(C(=O)NCc2ccc(-n3cncn3)nc2)CC1. The van der Waals surface area contributed by atoms with E-state index in [0.29, 0.717) is 38.3 Å². The molecule has 0 saturated carbocycles. The Hall–Kier alpha value is -2.97. The number of amides is 3. The molecule has 0 bridgehead atoms. The van der Waals surface area contributed by atoms with Gasteiger partial charge < -0.3 is 16.0 Å². The summed E-state index contributed by atoms with van der Waals surface area (Å²) in [5.41, 5.74) is 6.14. The number of aromatic nitrogens is 4. The number of nitrogens with one attached hydrogen (secondary N) is 1. The van der Waals surface area contributed by atoms with Crippen molar-refractivity contribution in [2.45, 2.75) is 19.4 Å². The lowest BCUT2D eigenvalue weighted by atomic mass is 9.96. The minimum Gasteiger partial charge on any atom is -0.352 e. The smallest absolute Gasteiger partial charge is 0.314 e. The average Bonchev–Trinajstić information content (AvgIpc) is 3.15. The number of carbonyl (C=O) groups is 2. The van der Waals surface area contributed by atoms with E-state index in [4.69, 9.17) is 5.73 Å². The molecule has 0 radical (unpaired) electrons. The lowest BCUT2D eigenvalue weighted by Gasteiger charge is -2.29. The fourth-order valence-corrected chi connectivity index (χ4v) is 2.68. The van der Waals surface area contributed by atoms with Gasteiger partial charge in [-0.3, -0.25) is 4.79 Å². The number of primary amides is 1. The molecule has 1 aliphatic rings. The Labute approximate surface area is 138 Å². The number of nitrogens with zero attached hydrogens (tertiary/aromatic N) is 5. The van der Waals surface area contributed by atoms with E-state index >= 15 is 0 Å². The molecule has 9 heteroatoms. The molecule has 0 atom stereocenters. The minimum absolute atomic E-state index is 0.000488. The third-order valence-electron chi connectivity index (χ3n) is 4.11. The normalized spacial score (nSPS) is 15.2. The molecule has 2 aromatic rings. The van der Waals surface area contributed by atoms with Crippen LogP contribution in [0.5, 0.6) is 0 Å². The summed E-state index contributed by atoms with van der Waals surface area (Å²) in [7, 11) is 0. The third-order valence-corrected chi connectivity index (χ3v) is 4.11. The lowest BCUT2D eigenvalue weighted by molar-refractivity contribution is -0.126. The van der Waals surface area contributed by atoms with Crippen LogP contribution in [0.2, 0.25) is 0 Å². The molecule has 1 aliphatic heterocycles. The molecule has 24 heavy (non-hydrogen) atoms. The molecule has 0 aliphatic carbocycles. The van der Waals surface area contributed by atoms with Gasteiger partial charge in [0.15, 0.2) is 5.82 Å². The zero-order valence-electron chi connectivity index (χ0n) is 13.1. The summed E-state index contributed by atoms with van der Waals surface area (Å²) in [5.74, 6) is 0.587. The Balaban J connectivity index is 1.49. The summed E-state index contributed by atoms with van der Waals surface area (Å²) in [6.07, 6.45) is 5.99. The maximum absolute atomic E-state index is 12.2. The Kier molecular flexibility index (Phi) is 4.69. The first-order valence-electron chi connectivity index (χ1n) is 7.75. The predicted molar refractivity (Wildman–Crippen MR) is 84.9 cm³/mol. The zero-order chi connectivity index (χ0) is 16.9. The highest BCUT2D eigenvalue weighted by Crippen LogP contribution is 2.17. The van der Waals surface area contributed by atoms with Crippen molar-refractivity contribution < 1.29 is 9.59 Å². The highest BCUT2D eigenvalue weighted by molar-refractivity contribution is 5.79. The van der Waals surface area contributed by atoms with Crippen molar-refractivity contribution in [3.8, 4) is 5.82 Å². The number of nitrogens with two attached hydrogens (primary N) is 1. The van der Waals surface area contributed by atoms with Crippen LogP contribution in [0.1, 0.15) is 18.4 Å². The van der Waals surface area contributed by atoms with Crippen LogP contribution in [-0.4, -0.2) is 49.7 Å². The van der Waals surface area contributed by atoms with E-state index in [0.717, 1.165) is 5.56 Å². The van der Waals surface area contributed by atoms with Gasteiger partial charge in [-0.2, -0.15) is 5.10 Å². The molecule has 0 aromatic carbocycles. The Morgan fingerprint density at radius 3 is 2.67 bits per heavy atom. The van der Waals surface area contributed by atoms with Crippen LogP contribution in [0.25, 0.3) is 5.82 Å².